The van der Waals surface area contributed by atoms with E-state index in [0.717, 1.165) is 38.3 Å². The molecule has 1 fully saturated rings. The highest BCUT2D eigenvalue weighted by molar-refractivity contribution is 5.85. The Morgan fingerprint density at radius 2 is 1.74 bits per heavy atom. The van der Waals surface area contributed by atoms with Crippen molar-refractivity contribution in [3.63, 3.8) is 0 Å². The van der Waals surface area contributed by atoms with E-state index < -0.39 is 0 Å². The molecule has 1 atom stereocenters. The normalized spacial score (nSPS) is 16.0. The van der Waals surface area contributed by atoms with Crippen molar-refractivity contribution in [2.75, 3.05) is 38.2 Å². The average molecular weight is 342 g/mol. The lowest BCUT2D eigenvalue weighted by atomic mass is 10.0. The Morgan fingerprint density at radius 3 is 2.22 bits per heavy atom. The Morgan fingerprint density at radius 1 is 1.17 bits per heavy atom. The van der Waals surface area contributed by atoms with E-state index in [4.69, 9.17) is 10.5 Å². The number of anilines is 1. The SMILES string of the molecule is COc1ccc(N2CCN(C(=O)C(N)CC(C)C)CC2)cc1.Cl. The minimum absolute atomic E-state index is 0. The number of ether oxygens (including phenoxy) is 1. The number of amides is 1. The fraction of sp³-hybridized carbons (Fsp3) is 0.588. The van der Waals surface area contributed by atoms with Gasteiger partial charge in [-0.25, -0.2) is 0 Å². The van der Waals surface area contributed by atoms with Crippen LogP contribution in [0.2, 0.25) is 0 Å². The number of nitrogens with zero attached hydrogens (tertiary/aromatic N) is 2. The summed E-state index contributed by atoms with van der Waals surface area (Å²) in [6, 6.07) is 7.67. The molecule has 6 heteroatoms. The van der Waals surface area contributed by atoms with Crippen molar-refractivity contribution >= 4 is 24.0 Å². The molecular formula is C17H28ClN3O2. The van der Waals surface area contributed by atoms with E-state index in [1.165, 1.54) is 5.69 Å². The predicted octanol–water partition coefficient (Wildman–Crippen LogP) is 2.14. The summed E-state index contributed by atoms with van der Waals surface area (Å²) in [4.78, 5) is 16.5. The first kappa shape index (κ1) is 19.6. The quantitative estimate of drug-likeness (QED) is 0.891. The van der Waals surface area contributed by atoms with Crippen molar-refractivity contribution in [1.29, 1.82) is 0 Å². The molecule has 1 aromatic carbocycles. The first-order valence-electron chi connectivity index (χ1n) is 7.94. The lowest BCUT2D eigenvalue weighted by Gasteiger charge is -2.37. The zero-order chi connectivity index (χ0) is 16.1. The van der Waals surface area contributed by atoms with Gasteiger partial charge in [0.1, 0.15) is 5.75 Å². The molecule has 0 spiro atoms. The number of piperazine rings is 1. The summed E-state index contributed by atoms with van der Waals surface area (Å²) in [7, 11) is 1.67. The zero-order valence-corrected chi connectivity index (χ0v) is 15.0. The van der Waals surface area contributed by atoms with Crippen molar-refractivity contribution in [1.82, 2.24) is 4.90 Å². The summed E-state index contributed by atoms with van der Waals surface area (Å²) in [5, 5.41) is 0. The van der Waals surface area contributed by atoms with E-state index in [2.05, 4.69) is 30.9 Å². The van der Waals surface area contributed by atoms with Gasteiger partial charge >= 0.3 is 0 Å². The van der Waals surface area contributed by atoms with Crippen molar-refractivity contribution in [2.45, 2.75) is 26.3 Å². The van der Waals surface area contributed by atoms with Gasteiger partial charge in [-0.05, 0) is 36.6 Å². The van der Waals surface area contributed by atoms with Crippen LogP contribution in [0.15, 0.2) is 24.3 Å². The van der Waals surface area contributed by atoms with E-state index in [1.54, 1.807) is 7.11 Å². The van der Waals surface area contributed by atoms with Crippen molar-refractivity contribution < 1.29 is 9.53 Å². The number of halogens is 1. The zero-order valence-electron chi connectivity index (χ0n) is 14.2. The largest absolute Gasteiger partial charge is 0.497 e. The van der Waals surface area contributed by atoms with Gasteiger partial charge in [-0.15, -0.1) is 12.4 Å². The molecule has 1 saturated heterocycles. The number of methoxy groups -OCH3 is 1. The number of carbonyl (C=O) groups excluding carboxylic acids is 1. The smallest absolute Gasteiger partial charge is 0.239 e. The van der Waals surface area contributed by atoms with Crippen LogP contribution in [-0.2, 0) is 4.79 Å². The van der Waals surface area contributed by atoms with Gasteiger partial charge in [-0.1, -0.05) is 13.8 Å². The van der Waals surface area contributed by atoms with Crippen LogP contribution in [0.5, 0.6) is 5.75 Å². The van der Waals surface area contributed by atoms with Crippen LogP contribution in [0.3, 0.4) is 0 Å². The molecule has 5 nitrogen and oxygen atoms in total. The molecule has 130 valence electrons. The van der Waals surface area contributed by atoms with Crippen LogP contribution in [0.4, 0.5) is 5.69 Å². The van der Waals surface area contributed by atoms with Gasteiger partial charge in [-0.2, -0.15) is 0 Å². The summed E-state index contributed by atoms with van der Waals surface area (Å²) in [6.45, 7) is 7.33. The minimum atomic E-state index is -0.368. The molecule has 2 N–H and O–H groups in total. The maximum Gasteiger partial charge on any atom is 0.239 e. The van der Waals surface area contributed by atoms with Crippen LogP contribution in [0, 0.1) is 5.92 Å². The molecule has 23 heavy (non-hydrogen) atoms. The number of hydrogen-bond donors (Lipinski definition) is 1. The highest BCUT2D eigenvalue weighted by atomic mass is 35.5. The molecule has 0 bridgehead atoms. The van der Waals surface area contributed by atoms with Crippen molar-refractivity contribution in [3.05, 3.63) is 24.3 Å². The van der Waals surface area contributed by atoms with Crippen molar-refractivity contribution in [2.24, 2.45) is 11.7 Å². The fourth-order valence-electron chi connectivity index (χ4n) is 2.82. The van der Waals surface area contributed by atoms with Gasteiger partial charge in [-0.3, -0.25) is 4.79 Å². The molecule has 1 heterocycles. The van der Waals surface area contributed by atoms with Gasteiger partial charge in [0, 0.05) is 31.9 Å². The highest BCUT2D eigenvalue weighted by Gasteiger charge is 2.25. The van der Waals surface area contributed by atoms with Gasteiger partial charge < -0.3 is 20.3 Å². The average Bonchev–Trinajstić information content (AvgIpc) is 2.54. The fourth-order valence-corrected chi connectivity index (χ4v) is 2.82. The Balaban J connectivity index is 0.00000264. The second-order valence-electron chi connectivity index (χ2n) is 6.25. The first-order chi connectivity index (χ1) is 10.5. The molecular weight excluding hydrogens is 314 g/mol. The number of nitrogens with two attached hydrogens (primary N) is 1. The Kier molecular flexibility index (Phi) is 7.65. The maximum atomic E-state index is 12.3. The van der Waals surface area contributed by atoms with Crippen LogP contribution < -0.4 is 15.4 Å². The lowest BCUT2D eigenvalue weighted by Crippen LogP contribution is -2.53. The standard InChI is InChI=1S/C17H27N3O2.ClH/c1-13(2)12-16(18)17(21)20-10-8-19(9-11-20)14-4-6-15(22-3)7-5-14;/h4-7,13,16H,8-12,18H2,1-3H3;1H. The number of rotatable bonds is 5. The summed E-state index contributed by atoms with van der Waals surface area (Å²) in [5.74, 6) is 1.39. The molecule has 2 rings (SSSR count). The van der Waals surface area contributed by atoms with Crippen LogP contribution in [0.25, 0.3) is 0 Å². The molecule has 1 aliphatic heterocycles. The van der Waals surface area contributed by atoms with E-state index in [-0.39, 0.29) is 24.4 Å². The Labute approximate surface area is 145 Å². The second kappa shape index (κ2) is 8.99. The summed E-state index contributed by atoms with van der Waals surface area (Å²) >= 11 is 0. The molecule has 0 saturated carbocycles. The van der Waals surface area contributed by atoms with Crippen molar-refractivity contribution in [3.8, 4) is 5.75 Å². The number of benzene rings is 1. The van der Waals surface area contributed by atoms with E-state index in [9.17, 15) is 4.79 Å². The first-order valence-corrected chi connectivity index (χ1v) is 7.94. The summed E-state index contributed by atoms with van der Waals surface area (Å²) in [6.07, 6.45) is 0.748. The highest BCUT2D eigenvalue weighted by Crippen LogP contribution is 2.20. The topological polar surface area (TPSA) is 58.8 Å². The maximum absolute atomic E-state index is 12.3. The number of hydrogen-bond acceptors (Lipinski definition) is 4. The monoisotopic (exact) mass is 341 g/mol. The van der Waals surface area contributed by atoms with Crippen LogP contribution >= 0.6 is 12.4 Å². The van der Waals surface area contributed by atoms with Gasteiger partial charge in [0.2, 0.25) is 5.91 Å². The third-order valence-corrected chi connectivity index (χ3v) is 4.07. The third-order valence-electron chi connectivity index (χ3n) is 4.07. The minimum Gasteiger partial charge on any atom is -0.497 e. The molecule has 0 aliphatic carbocycles. The molecule has 1 amide bonds. The van der Waals surface area contributed by atoms with Gasteiger partial charge in [0.05, 0.1) is 13.2 Å². The number of carbonyl (C=O) groups is 1. The molecule has 0 radical (unpaired) electrons. The van der Waals surface area contributed by atoms with Gasteiger partial charge in [0.15, 0.2) is 0 Å². The van der Waals surface area contributed by atoms with Gasteiger partial charge in [0.25, 0.3) is 0 Å². The Hall–Kier alpha value is -1.46. The molecule has 1 aliphatic rings. The van der Waals surface area contributed by atoms with Crippen LogP contribution in [-0.4, -0.2) is 50.1 Å². The predicted molar refractivity (Wildman–Crippen MR) is 96.5 cm³/mol. The molecule has 1 unspecified atom stereocenters. The lowest BCUT2D eigenvalue weighted by molar-refractivity contribution is -0.133. The third kappa shape index (κ3) is 5.29. The summed E-state index contributed by atoms with van der Waals surface area (Å²) in [5.41, 5.74) is 7.17. The molecule has 0 aromatic heterocycles. The van der Waals surface area contributed by atoms with E-state index >= 15 is 0 Å². The van der Waals surface area contributed by atoms with E-state index in [1.807, 2.05) is 17.0 Å². The van der Waals surface area contributed by atoms with E-state index in [0.29, 0.717) is 5.92 Å². The van der Waals surface area contributed by atoms with Crippen LogP contribution in [0.1, 0.15) is 20.3 Å². The Bertz CT molecular complexity index is 485. The summed E-state index contributed by atoms with van der Waals surface area (Å²) < 4.78 is 5.18. The second-order valence-corrected chi connectivity index (χ2v) is 6.25. The molecule has 1 aromatic rings.